The van der Waals surface area contributed by atoms with Gasteiger partial charge in [0.25, 0.3) is 0 Å². The van der Waals surface area contributed by atoms with Gasteiger partial charge in [-0.2, -0.15) is 13.2 Å². The van der Waals surface area contributed by atoms with Crippen LogP contribution in [-0.4, -0.2) is 34.1 Å². The van der Waals surface area contributed by atoms with Crippen molar-refractivity contribution in [3.8, 4) is 0 Å². The molecule has 4 nitrogen and oxygen atoms in total. The SMILES string of the molecule is CC(Sc1nncs1)C(=O)NCC(F)(F)F. The van der Waals surface area contributed by atoms with Gasteiger partial charge in [0.05, 0.1) is 5.25 Å². The maximum absolute atomic E-state index is 11.8. The fourth-order valence-corrected chi connectivity index (χ4v) is 2.40. The predicted molar refractivity (Wildman–Crippen MR) is 54.3 cm³/mol. The van der Waals surface area contributed by atoms with Crippen molar-refractivity contribution < 1.29 is 18.0 Å². The second-order valence-corrected chi connectivity index (χ2v) is 5.22. The third kappa shape index (κ3) is 4.79. The normalized spacial score (nSPS) is 13.5. The van der Waals surface area contributed by atoms with Crippen LogP contribution in [0.25, 0.3) is 0 Å². The first-order valence-electron chi connectivity index (χ1n) is 4.16. The van der Waals surface area contributed by atoms with Gasteiger partial charge < -0.3 is 5.32 Å². The second-order valence-electron chi connectivity index (χ2n) is 2.80. The average molecular weight is 271 g/mol. The van der Waals surface area contributed by atoms with Crippen LogP contribution >= 0.6 is 23.1 Å². The van der Waals surface area contributed by atoms with Crippen LogP contribution in [0.4, 0.5) is 13.2 Å². The number of halogens is 3. The Kier molecular flexibility index (Phi) is 4.54. The van der Waals surface area contributed by atoms with E-state index in [1.54, 1.807) is 5.32 Å². The number of hydrogen-bond acceptors (Lipinski definition) is 5. The molecule has 1 atom stereocenters. The Hall–Kier alpha value is -0.830. The fraction of sp³-hybridized carbons (Fsp3) is 0.571. The molecule has 0 spiro atoms. The van der Waals surface area contributed by atoms with Crippen molar-refractivity contribution in [2.24, 2.45) is 0 Å². The van der Waals surface area contributed by atoms with Crippen LogP contribution in [-0.2, 0) is 4.79 Å². The molecule has 1 N–H and O–H groups in total. The van der Waals surface area contributed by atoms with Gasteiger partial charge in [-0.25, -0.2) is 0 Å². The summed E-state index contributed by atoms with van der Waals surface area (Å²) in [7, 11) is 0. The van der Waals surface area contributed by atoms with Gasteiger partial charge >= 0.3 is 6.18 Å². The maximum Gasteiger partial charge on any atom is 0.405 e. The molecule has 0 bridgehead atoms. The number of carbonyl (C=O) groups excluding carboxylic acids is 1. The summed E-state index contributed by atoms with van der Waals surface area (Å²) in [6, 6.07) is 0. The molecule has 0 aromatic carbocycles. The zero-order valence-electron chi connectivity index (χ0n) is 8.11. The number of aromatic nitrogens is 2. The van der Waals surface area contributed by atoms with E-state index in [-0.39, 0.29) is 0 Å². The minimum absolute atomic E-state index is 0.551. The molecule has 1 unspecified atom stereocenters. The maximum atomic E-state index is 11.8. The highest BCUT2D eigenvalue weighted by Gasteiger charge is 2.29. The summed E-state index contributed by atoms with van der Waals surface area (Å²) < 4.78 is 36.0. The molecule has 0 aliphatic carbocycles. The van der Waals surface area contributed by atoms with Gasteiger partial charge in [0, 0.05) is 0 Å². The average Bonchev–Trinajstić information content (AvgIpc) is 2.65. The predicted octanol–water partition coefficient (Wildman–Crippen LogP) is 1.70. The number of carbonyl (C=O) groups is 1. The second kappa shape index (κ2) is 5.48. The Bertz CT molecular complexity index is 341. The summed E-state index contributed by atoms with van der Waals surface area (Å²) in [5.41, 5.74) is 1.49. The highest BCUT2D eigenvalue weighted by Crippen LogP contribution is 2.24. The summed E-state index contributed by atoms with van der Waals surface area (Å²) in [6.45, 7) is 0.199. The molecule has 0 aliphatic heterocycles. The topological polar surface area (TPSA) is 54.9 Å². The third-order valence-electron chi connectivity index (χ3n) is 1.45. The van der Waals surface area contributed by atoms with E-state index in [2.05, 4.69) is 10.2 Å². The first-order chi connectivity index (χ1) is 7.38. The van der Waals surface area contributed by atoms with E-state index in [1.165, 1.54) is 23.8 Å². The first kappa shape index (κ1) is 13.2. The van der Waals surface area contributed by atoms with E-state index in [4.69, 9.17) is 0 Å². The Morgan fingerprint density at radius 3 is 2.88 bits per heavy atom. The number of hydrogen-bond donors (Lipinski definition) is 1. The van der Waals surface area contributed by atoms with Gasteiger partial charge in [-0.1, -0.05) is 23.1 Å². The van der Waals surface area contributed by atoms with Crippen molar-refractivity contribution in [3.05, 3.63) is 5.51 Å². The Labute approximate surface area is 97.6 Å². The van der Waals surface area contributed by atoms with Crippen molar-refractivity contribution in [2.45, 2.75) is 22.7 Å². The lowest BCUT2D eigenvalue weighted by Gasteiger charge is -2.11. The van der Waals surface area contributed by atoms with Gasteiger partial charge in [0.2, 0.25) is 5.91 Å². The molecule has 1 rings (SSSR count). The summed E-state index contributed by atoms with van der Waals surface area (Å²) in [5, 5.41) is 8.41. The van der Waals surface area contributed by atoms with E-state index in [9.17, 15) is 18.0 Å². The fourth-order valence-electron chi connectivity index (χ4n) is 0.750. The molecular formula is C7H8F3N3OS2. The molecule has 1 heterocycles. The quantitative estimate of drug-likeness (QED) is 0.847. The molecule has 16 heavy (non-hydrogen) atoms. The van der Waals surface area contributed by atoms with Crippen molar-refractivity contribution >= 4 is 29.0 Å². The smallest absolute Gasteiger partial charge is 0.346 e. The van der Waals surface area contributed by atoms with Crippen LogP contribution in [0.2, 0.25) is 0 Å². The van der Waals surface area contributed by atoms with Gasteiger partial charge in [-0.05, 0) is 6.92 Å². The summed E-state index contributed by atoms with van der Waals surface area (Å²) in [4.78, 5) is 11.2. The lowest BCUT2D eigenvalue weighted by molar-refractivity contribution is -0.137. The molecule has 1 amide bonds. The number of nitrogens with zero attached hydrogens (tertiary/aromatic N) is 2. The molecule has 9 heteroatoms. The summed E-state index contributed by atoms with van der Waals surface area (Å²) in [6.07, 6.45) is -4.39. The molecule has 1 aromatic rings. The zero-order chi connectivity index (χ0) is 12.2. The minimum Gasteiger partial charge on any atom is -0.346 e. The zero-order valence-corrected chi connectivity index (χ0v) is 9.75. The van der Waals surface area contributed by atoms with Crippen LogP contribution in [0.15, 0.2) is 9.85 Å². The first-order valence-corrected chi connectivity index (χ1v) is 5.91. The van der Waals surface area contributed by atoms with E-state index < -0.39 is 23.9 Å². The molecular weight excluding hydrogens is 263 g/mol. The van der Waals surface area contributed by atoms with E-state index in [0.717, 1.165) is 11.8 Å². The van der Waals surface area contributed by atoms with Crippen LogP contribution in [0.3, 0.4) is 0 Å². The molecule has 1 aromatic heterocycles. The van der Waals surface area contributed by atoms with Crippen LogP contribution in [0.5, 0.6) is 0 Å². The van der Waals surface area contributed by atoms with Crippen LogP contribution < -0.4 is 5.32 Å². The monoisotopic (exact) mass is 271 g/mol. The third-order valence-corrected chi connectivity index (χ3v) is 3.36. The van der Waals surface area contributed by atoms with Gasteiger partial charge in [-0.3, -0.25) is 4.79 Å². The molecule has 0 saturated carbocycles. The number of nitrogens with one attached hydrogen (secondary N) is 1. The standard InChI is InChI=1S/C7H8F3N3OS2/c1-4(16-6-13-12-3-15-6)5(14)11-2-7(8,9)10/h3-4H,2H2,1H3,(H,11,14). The van der Waals surface area contributed by atoms with Gasteiger partial charge in [0.15, 0.2) is 4.34 Å². The van der Waals surface area contributed by atoms with E-state index in [0.29, 0.717) is 4.34 Å². The molecule has 0 radical (unpaired) electrons. The lowest BCUT2D eigenvalue weighted by atomic mass is 10.4. The van der Waals surface area contributed by atoms with Crippen molar-refractivity contribution in [1.29, 1.82) is 0 Å². The largest absolute Gasteiger partial charge is 0.405 e. The van der Waals surface area contributed by atoms with Gasteiger partial charge in [-0.15, -0.1) is 10.2 Å². The number of alkyl halides is 3. The van der Waals surface area contributed by atoms with Gasteiger partial charge in [0.1, 0.15) is 12.1 Å². The Morgan fingerprint density at radius 2 is 2.38 bits per heavy atom. The lowest BCUT2D eigenvalue weighted by Crippen LogP contribution is -2.37. The molecule has 90 valence electrons. The van der Waals surface area contributed by atoms with E-state index >= 15 is 0 Å². The Morgan fingerprint density at radius 1 is 1.69 bits per heavy atom. The molecule has 0 saturated heterocycles. The Balaban J connectivity index is 2.37. The van der Waals surface area contributed by atoms with Crippen molar-refractivity contribution in [1.82, 2.24) is 15.5 Å². The highest BCUT2D eigenvalue weighted by atomic mass is 32.2. The number of amides is 1. The number of thioether (sulfide) groups is 1. The van der Waals surface area contributed by atoms with Crippen molar-refractivity contribution in [2.75, 3.05) is 6.54 Å². The van der Waals surface area contributed by atoms with Crippen LogP contribution in [0.1, 0.15) is 6.92 Å². The molecule has 0 aliphatic rings. The number of rotatable bonds is 4. The van der Waals surface area contributed by atoms with Crippen LogP contribution in [0, 0.1) is 0 Å². The molecule has 0 fully saturated rings. The highest BCUT2D eigenvalue weighted by molar-refractivity contribution is 8.02. The summed E-state index contributed by atoms with van der Waals surface area (Å²) >= 11 is 2.31. The van der Waals surface area contributed by atoms with E-state index in [1.807, 2.05) is 0 Å². The van der Waals surface area contributed by atoms with Crippen molar-refractivity contribution in [3.63, 3.8) is 0 Å². The minimum atomic E-state index is -4.39. The summed E-state index contributed by atoms with van der Waals surface area (Å²) in [5.74, 6) is -0.669.